The third-order valence-electron chi connectivity index (χ3n) is 10.5. The number of hydrogen-bond acceptors (Lipinski definition) is 5. The fraction of sp³-hybridized carbons (Fsp3) is 0.531. The maximum absolute atomic E-state index is 14.3. The van der Waals surface area contributed by atoms with Crippen molar-refractivity contribution < 1.29 is 36.0 Å². The van der Waals surface area contributed by atoms with E-state index in [9.17, 15) is 26.7 Å². The molecule has 0 saturated heterocycles. The predicted molar refractivity (Wildman–Crippen MR) is 147 cm³/mol. The minimum absolute atomic E-state index is 0.0314. The molecule has 0 N–H and O–H groups in total. The second kappa shape index (κ2) is 10.0. The molecule has 6 saturated carbocycles. The van der Waals surface area contributed by atoms with E-state index >= 15 is 0 Å². The Balaban J connectivity index is 1.13. The smallest absolute Gasteiger partial charge is 0.387 e. The van der Waals surface area contributed by atoms with E-state index in [2.05, 4.69) is 14.9 Å². The lowest BCUT2D eigenvalue weighted by atomic mass is 9.41. The van der Waals surface area contributed by atoms with Gasteiger partial charge in [-0.15, -0.1) is 0 Å². The summed E-state index contributed by atoms with van der Waals surface area (Å²) in [5.41, 5.74) is 0.438. The summed E-state index contributed by atoms with van der Waals surface area (Å²) in [6, 6.07) is 13.9. The highest BCUT2D eigenvalue weighted by Gasteiger charge is 2.69. The van der Waals surface area contributed by atoms with E-state index in [0.717, 1.165) is 55.3 Å². The molecular formula is C32H32F5N3O3. The van der Waals surface area contributed by atoms with Gasteiger partial charge in [-0.25, -0.2) is 4.39 Å². The zero-order valence-electron chi connectivity index (χ0n) is 23.5. The fourth-order valence-electron chi connectivity index (χ4n) is 8.18. The first-order valence-electron chi connectivity index (χ1n) is 14.8. The highest BCUT2D eigenvalue weighted by Crippen LogP contribution is 2.71. The molecule has 2 aromatic carbocycles. The molecule has 4 bridgehead atoms. The monoisotopic (exact) mass is 601 g/mol. The Labute approximate surface area is 245 Å². The van der Waals surface area contributed by atoms with Gasteiger partial charge in [-0.3, -0.25) is 4.79 Å². The molecule has 11 heteroatoms. The molecule has 0 radical (unpaired) electrons. The SMILES string of the molecule is O=C(CC12CC(F)(C1)C2)N(CC12CCC(c3noc(C(F)F)n3)(CC1)CC2)c1cccc(-c2ccc(OC(F)F)cc2)c1. The van der Waals surface area contributed by atoms with Crippen LogP contribution in [0.4, 0.5) is 27.6 Å². The van der Waals surface area contributed by atoms with Crippen LogP contribution in [0.3, 0.4) is 0 Å². The minimum atomic E-state index is -2.91. The molecule has 6 nitrogen and oxygen atoms in total. The maximum atomic E-state index is 14.3. The van der Waals surface area contributed by atoms with E-state index in [1.165, 1.54) is 12.1 Å². The lowest BCUT2D eigenvalue weighted by Gasteiger charge is -2.66. The number of fused-ring (bicyclic) bond motifs is 3. The number of anilines is 1. The molecule has 43 heavy (non-hydrogen) atoms. The third kappa shape index (κ3) is 5.08. The Morgan fingerprint density at radius 2 is 1.58 bits per heavy atom. The number of hydrogen-bond donors (Lipinski definition) is 0. The number of amides is 1. The van der Waals surface area contributed by atoms with Crippen molar-refractivity contribution in [3.8, 4) is 16.9 Å². The number of benzene rings is 2. The highest BCUT2D eigenvalue weighted by atomic mass is 19.3. The molecule has 1 amide bonds. The largest absolute Gasteiger partial charge is 0.435 e. The third-order valence-corrected chi connectivity index (χ3v) is 10.5. The van der Waals surface area contributed by atoms with Crippen molar-refractivity contribution in [3.63, 3.8) is 0 Å². The summed E-state index contributed by atoms with van der Waals surface area (Å²) >= 11 is 0. The fourth-order valence-corrected chi connectivity index (χ4v) is 8.18. The van der Waals surface area contributed by atoms with Crippen molar-refractivity contribution in [3.05, 3.63) is 60.2 Å². The van der Waals surface area contributed by atoms with E-state index in [1.807, 2.05) is 29.2 Å². The zero-order valence-corrected chi connectivity index (χ0v) is 23.5. The van der Waals surface area contributed by atoms with E-state index in [4.69, 9.17) is 4.52 Å². The van der Waals surface area contributed by atoms with Crippen LogP contribution < -0.4 is 9.64 Å². The van der Waals surface area contributed by atoms with Crippen LogP contribution in [0.2, 0.25) is 0 Å². The Morgan fingerprint density at radius 3 is 2.16 bits per heavy atom. The summed E-state index contributed by atoms with van der Waals surface area (Å²) in [5.74, 6) is -0.267. The van der Waals surface area contributed by atoms with Crippen LogP contribution in [0.5, 0.6) is 5.75 Å². The lowest BCUT2D eigenvalue weighted by molar-refractivity contribution is -0.215. The van der Waals surface area contributed by atoms with Crippen LogP contribution in [0, 0.1) is 10.8 Å². The van der Waals surface area contributed by atoms with Gasteiger partial charge in [0, 0.05) is 24.1 Å². The second-order valence-corrected chi connectivity index (χ2v) is 13.3. The molecule has 0 atom stereocenters. The predicted octanol–water partition coefficient (Wildman–Crippen LogP) is 8.18. The van der Waals surface area contributed by atoms with Gasteiger partial charge in [-0.05, 0) is 104 Å². The molecule has 6 aliphatic rings. The first-order valence-corrected chi connectivity index (χ1v) is 14.8. The quantitative estimate of drug-likeness (QED) is 0.219. The summed E-state index contributed by atoms with van der Waals surface area (Å²) in [7, 11) is 0. The van der Waals surface area contributed by atoms with Gasteiger partial charge in [0.15, 0.2) is 5.82 Å². The molecule has 0 aliphatic heterocycles. The number of rotatable bonds is 10. The first-order chi connectivity index (χ1) is 20.5. The minimum Gasteiger partial charge on any atom is -0.435 e. The van der Waals surface area contributed by atoms with Crippen LogP contribution in [0.1, 0.15) is 82.3 Å². The second-order valence-electron chi connectivity index (χ2n) is 13.3. The summed E-state index contributed by atoms with van der Waals surface area (Å²) < 4.78 is 75.0. The van der Waals surface area contributed by atoms with Gasteiger partial charge in [0.25, 0.3) is 5.89 Å². The molecular weight excluding hydrogens is 569 g/mol. The molecule has 0 unspecified atom stereocenters. The van der Waals surface area contributed by atoms with Gasteiger partial charge < -0.3 is 14.2 Å². The van der Waals surface area contributed by atoms with Gasteiger partial charge >= 0.3 is 13.0 Å². The van der Waals surface area contributed by atoms with Gasteiger partial charge in [0.05, 0.1) is 0 Å². The summed E-state index contributed by atoms with van der Waals surface area (Å²) in [5, 5.41) is 3.91. The molecule has 228 valence electrons. The van der Waals surface area contributed by atoms with Crippen LogP contribution in [0.15, 0.2) is 53.1 Å². The van der Waals surface area contributed by atoms with E-state index in [0.29, 0.717) is 38.1 Å². The Morgan fingerprint density at radius 1 is 0.907 bits per heavy atom. The van der Waals surface area contributed by atoms with E-state index in [-0.39, 0.29) is 22.5 Å². The van der Waals surface area contributed by atoms with Gasteiger partial charge in [-0.2, -0.15) is 22.5 Å². The van der Waals surface area contributed by atoms with Crippen LogP contribution >= 0.6 is 0 Å². The molecule has 9 rings (SSSR count). The maximum Gasteiger partial charge on any atom is 0.387 e. The van der Waals surface area contributed by atoms with Gasteiger partial charge in [0.1, 0.15) is 11.4 Å². The van der Waals surface area contributed by atoms with Crippen molar-refractivity contribution in [2.75, 3.05) is 11.4 Å². The molecule has 0 spiro atoms. The average molecular weight is 602 g/mol. The number of ether oxygens (including phenoxy) is 1. The number of carbonyl (C=O) groups is 1. The van der Waals surface area contributed by atoms with Gasteiger partial charge in [0.2, 0.25) is 5.91 Å². The summed E-state index contributed by atoms with van der Waals surface area (Å²) in [6.45, 7) is -2.41. The van der Waals surface area contributed by atoms with Gasteiger partial charge in [-0.1, -0.05) is 29.4 Å². The average Bonchev–Trinajstić information content (AvgIpc) is 3.48. The lowest BCUT2D eigenvalue weighted by Crippen LogP contribution is -2.65. The number of aromatic nitrogens is 2. The van der Waals surface area contributed by atoms with Crippen molar-refractivity contribution in [1.82, 2.24) is 10.1 Å². The first kappa shape index (κ1) is 28.3. The van der Waals surface area contributed by atoms with Crippen molar-refractivity contribution in [2.24, 2.45) is 10.8 Å². The molecule has 1 aromatic heterocycles. The number of halogens is 5. The Kier molecular flexibility index (Phi) is 6.59. The molecule has 6 aliphatic carbocycles. The molecule has 3 aromatic rings. The Hall–Kier alpha value is -3.50. The van der Waals surface area contributed by atoms with Crippen molar-refractivity contribution >= 4 is 11.6 Å². The number of nitrogens with zero attached hydrogens (tertiary/aromatic N) is 3. The van der Waals surface area contributed by atoms with Crippen LogP contribution in [-0.2, 0) is 10.2 Å². The molecule has 1 heterocycles. The van der Waals surface area contributed by atoms with E-state index < -0.39 is 30.0 Å². The summed E-state index contributed by atoms with van der Waals surface area (Å²) in [6.07, 6.45) is 3.33. The molecule has 6 fully saturated rings. The van der Waals surface area contributed by atoms with Crippen LogP contribution in [-0.4, -0.2) is 34.9 Å². The topological polar surface area (TPSA) is 68.5 Å². The van der Waals surface area contributed by atoms with Crippen LogP contribution in [0.25, 0.3) is 11.1 Å². The van der Waals surface area contributed by atoms with Crippen molar-refractivity contribution in [1.29, 1.82) is 0 Å². The summed E-state index contributed by atoms with van der Waals surface area (Å²) in [4.78, 5) is 19.9. The zero-order chi connectivity index (χ0) is 30.0. The Bertz CT molecular complexity index is 1480. The normalized spacial score (nSPS) is 30.7. The van der Waals surface area contributed by atoms with Crippen molar-refractivity contribution in [2.45, 2.75) is 88.3 Å². The number of carbonyl (C=O) groups excluding carboxylic acids is 1. The number of alkyl halides is 5. The van der Waals surface area contributed by atoms with E-state index in [1.54, 1.807) is 12.1 Å². The standard InChI is InChI=1S/C32H32F5N3O3/c33-25(34)26-38-27(39-43-26)31-11-8-29(9-12-31,10-13-31)19-40(24(41)15-30-16-32(37,17-30)18-30)22-3-1-2-21(14-22)20-4-6-23(7-5-20)42-28(35)36/h1-7,14,25,28H,8-13,15-19H2. The highest BCUT2D eigenvalue weighted by molar-refractivity contribution is 5.95.